The van der Waals surface area contributed by atoms with Crippen LogP contribution in [0.3, 0.4) is 0 Å². The quantitative estimate of drug-likeness (QED) is 0.768. The number of carbonyl (C=O) groups excluding carboxylic acids is 2. The normalized spacial score (nSPS) is 16.5. The minimum absolute atomic E-state index is 0.0335. The van der Waals surface area contributed by atoms with E-state index in [1.165, 1.54) is 29.8 Å². The van der Waals surface area contributed by atoms with Gasteiger partial charge in [0.1, 0.15) is 6.54 Å². The second-order valence-corrected chi connectivity index (χ2v) is 6.28. The molecule has 126 valence electrons. The average Bonchev–Trinajstić information content (AvgIpc) is 2.55. The largest absolute Gasteiger partial charge is 0.358 e. The number of benzene rings is 1. The lowest BCUT2D eigenvalue weighted by Crippen LogP contribution is -2.57. The Morgan fingerprint density at radius 3 is 2.78 bits per heavy atom. The van der Waals surface area contributed by atoms with Crippen molar-refractivity contribution in [2.75, 3.05) is 11.6 Å². The van der Waals surface area contributed by atoms with Crippen LogP contribution in [0.4, 0.5) is 10.5 Å². The molecule has 1 saturated heterocycles. The third kappa shape index (κ3) is 4.61. The number of rotatable bonds is 7. The van der Waals surface area contributed by atoms with Crippen molar-refractivity contribution in [1.82, 2.24) is 9.84 Å². The van der Waals surface area contributed by atoms with Crippen LogP contribution in [0, 0.1) is 5.92 Å². The van der Waals surface area contributed by atoms with Crippen LogP contribution in [0.5, 0.6) is 0 Å². The number of anilines is 1. The summed E-state index contributed by atoms with van der Waals surface area (Å²) in [6.07, 6.45) is 5.83. The molecule has 0 aliphatic carbocycles. The Bertz CT molecular complexity index is 565. The van der Waals surface area contributed by atoms with Gasteiger partial charge in [-0.25, -0.2) is 4.79 Å². The number of urea groups is 1. The number of hydrogen-bond acceptors (Lipinski definition) is 3. The molecule has 1 atom stereocenters. The molecule has 5 nitrogen and oxygen atoms in total. The lowest BCUT2D eigenvalue weighted by Gasteiger charge is -2.34. The average molecular weight is 338 g/mol. The van der Waals surface area contributed by atoms with E-state index < -0.39 is 6.03 Å². The predicted molar refractivity (Wildman–Crippen MR) is 92.0 cm³/mol. The standard InChI is InChI=1S/C17H24ClN3O2/c1-3-5-7-13(4-2)10-14-8-6-9-15(11-14)20-12-16(22)19-17(23)21(20)18/h6,8-9,11,13H,3-5,7,10,12H2,1-2H3,(H,19,22,23). The Kier molecular flexibility index (Phi) is 6.28. The van der Waals surface area contributed by atoms with Crippen LogP contribution < -0.4 is 10.3 Å². The summed E-state index contributed by atoms with van der Waals surface area (Å²) in [4.78, 5) is 23.2. The summed E-state index contributed by atoms with van der Waals surface area (Å²) in [5.41, 5.74) is 1.96. The molecule has 2 rings (SSSR count). The van der Waals surface area contributed by atoms with Gasteiger partial charge in [0.2, 0.25) is 5.91 Å². The molecule has 3 amide bonds. The molecule has 1 aliphatic rings. The van der Waals surface area contributed by atoms with Gasteiger partial charge in [0.25, 0.3) is 0 Å². The fourth-order valence-corrected chi connectivity index (χ4v) is 3.01. The maximum Gasteiger partial charge on any atom is 0.358 e. The molecule has 6 heteroatoms. The highest BCUT2D eigenvalue weighted by atomic mass is 35.5. The molecule has 1 aliphatic heterocycles. The highest BCUT2D eigenvalue weighted by Crippen LogP contribution is 2.24. The molecule has 1 unspecified atom stereocenters. The van der Waals surface area contributed by atoms with E-state index in [2.05, 4.69) is 25.2 Å². The first-order valence-electron chi connectivity index (χ1n) is 8.21. The number of hydrazine groups is 1. The molecule has 0 aromatic heterocycles. The highest BCUT2D eigenvalue weighted by molar-refractivity contribution is 6.24. The lowest BCUT2D eigenvalue weighted by atomic mass is 9.92. The Morgan fingerprint density at radius 2 is 2.09 bits per heavy atom. The van der Waals surface area contributed by atoms with Gasteiger partial charge < -0.3 is 0 Å². The topological polar surface area (TPSA) is 52.7 Å². The van der Waals surface area contributed by atoms with Crippen LogP contribution in [0.25, 0.3) is 0 Å². The van der Waals surface area contributed by atoms with E-state index in [0.29, 0.717) is 5.92 Å². The summed E-state index contributed by atoms with van der Waals surface area (Å²) in [6, 6.07) is 7.28. The van der Waals surface area contributed by atoms with E-state index in [-0.39, 0.29) is 12.5 Å². The number of unbranched alkanes of at least 4 members (excludes halogenated alkanes) is 1. The number of imide groups is 1. The lowest BCUT2D eigenvalue weighted by molar-refractivity contribution is -0.119. The summed E-state index contributed by atoms with van der Waals surface area (Å²) < 4.78 is 0.925. The molecule has 1 heterocycles. The molecular formula is C17H24ClN3O2. The van der Waals surface area contributed by atoms with Gasteiger partial charge in [-0.1, -0.05) is 51.7 Å². The summed E-state index contributed by atoms with van der Waals surface area (Å²) in [5.74, 6) is 0.301. The Balaban J connectivity index is 2.12. The predicted octanol–water partition coefficient (Wildman–Crippen LogP) is 3.87. The third-order valence-corrected chi connectivity index (χ3v) is 4.53. The van der Waals surface area contributed by atoms with Gasteiger partial charge in [0.15, 0.2) is 0 Å². The summed E-state index contributed by atoms with van der Waals surface area (Å²) in [7, 11) is 0. The zero-order valence-electron chi connectivity index (χ0n) is 13.7. The number of halogens is 1. The van der Waals surface area contributed by atoms with Crippen molar-refractivity contribution >= 4 is 29.4 Å². The molecule has 0 saturated carbocycles. The summed E-state index contributed by atoms with van der Waals surface area (Å²) in [6.45, 7) is 4.46. The van der Waals surface area contributed by atoms with Gasteiger partial charge in [-0.15, -0.1) is 4.53 Å². The molecule has 0 spiro atoms. The minimum Gasteiger partial charge on any atom is -0.274 e. The van der Waals surface area contributed by atoms with Crippen LogP contribution >= 0.6 is 11.8 Å². The molecule has 1 N–H and O–H groups in total. The molecule has 23 heavy (non-hydrogen) atoms. The monoisotopic (exact) mass is 337 g/mol. The number of hydrogen-bond donors (Lipinski definition) is 1. The highest BCUT2D eigenvalue weighted by Gasteiger charge is 2.30. The van der Waals surface area contributed by atoms with Gasteiger partial charge in [-0.3, -0.25) is 15.1 Å². The number of carbonyl (C=O) groups is 2. The van der Waals surface area contributed by atoms with Crippen molar-refractivity contribution < 1.29 is 9.59 Å². The van der Waals surface area contributed by atoms with E-state index in [0.717, 1.165) is 23.1 Å². The first kappa shape index (κ1) is 17.6. The van der Waals surface area contributed by atoms with Gasteiger partial charge in [-0.05, 0) is 30.0 Å². The number of nitrogens with zero attached hydrogens (tertiary/aromatic N) is 2. The van der Waals surface area contributed by atoms with Crippen molar-refractivity contribution in [2.45, 2.75) is 46.0 Å². The van der Waals surface area contributed by atoms with Crippen LogP contribution in [0.1, 0.15) is 45.1 Å². The number of nitrogens with one attached hydrogen (secondary N) is 1. The molecule has 0 bridgehead atoms. The van der Waals surface area contributed by atoms with E-state index in [1.807, 2.05) is 18.2 Å². The van der Waals surface area contributed by atoms with Crippen LogP contribution in [-0.2, 0) is 11.2 Å². The second kappa shape index (κ2) is 8.20. The van der Waals surface area contributed by atoms with E-state index in [9.17, 15) is 9.59 Å². The fraction of sp³-hybridized carbons (Fsp3) is 0.529. The van der Waals surface area contributed by atoms with E-state index in [4.69, 9.17) is 11.8 Å². The smallest absolute Gasteiger partial charge is 0.274 e. The summed E-state index contributed by atoms with van der Waals surface area (Å²) >= 11 is 5.98. The molecule has 1 fully saturated rings. The van der Waals surface area contributed by atoms with Gasteiger partial charge in [0.05, 0.1) is 5.69 Å². The van der Waals surface area contributed by atoms with Crippen LogP contribution in [-0.4, -0.2) is 23.0 Å². The van der Waals surface area contributed by atoms with E-state index >= 15 is 0 Å². The minimum atomic E-state index is -0.622. The zero-order valence-corrected chi connectivity index (χ0v) is 14.5. The fourth-order valence-electron chi connectivity index (χ4n) is 2.83. The SMILES string of the molecule is CCCCC(CC)Cc1cccc(N2CC(=O)NC(=O)N2Cl)c1. The molecular weight excluding hydrogens is 314 g/mol. The van der Waals surface area contributed by atoms with Gasteiger partial charge in [-0.2, -0.15) is 0 Å². The van der Waals surface area contributed by atoms with Crippen molar-refractivity contribution in [3.63, 3.8) is 0 Å². The molecule has 1 aromatic rings. The third-order valence-electron chi connectivity index (χ3n) is 4.20. The van der Waals surface area contributed by atoms with Crippen molar-refractivity contribution in [3.8, 4) is 0 Å². The first-order chi connectivity index (χ1) is 11.0. The first-order valence-corrected chi connectivity index (χ1v) is 8.55. The Hall–Kier alpha value is -1.75. The number of amides is 3. The second-order valence-electron chi connectivity index (χ2n) is 5.96. The van der Waals surface area contributed by atoms with E-state index in [1.54, 1.807) is 0 Å². The van der Waals surface area contributed by atoms with Crippen LogP contribution in [0.2, 0.25) is 0 Å². The van der Waals surface area contributed by atoms with Crippen molar-refractivity contribution in [1.29, 1.82) is 0 Å². The maximum absolute atomic E-state index is 11.6. The Labute approximate surface area is 142 Å². The maximum atomic E-state index is 11.6. The summed E-state index contributed by atoms with van der Waals surface area (Å²) in [5, 5.41) is 3.67. The van der Waals surface area contributed by atoms with Gasteiger partial charge >= 0.3 is 6.03 Å². The van der Waals surface area contributed by atoms with Crippen molar-refractivity contribution in [3.05, 3.63) is 29.8 Å². The van der Waals surface area contributed by atoms with Crippen LogP contribution in [0.15, 0.2) is 24.3 Å². The van der Waals surface area contributed by atoms with Crippen molar-refractivity contribution in [2.24, 2.45) is 5.92 Å². The Morgan fingerprint density at radius 1 is 1.30 bits per heavy atom. The molecule has 0 radical (unpaired) electrons. The zero-order chi connectivity index (χ0) is 16.8. The molecule has 1 aromatic carbocycles. The van der Waals surface area contributed by atoms with Gasteiger partial charge in [0, 0.05) is 11.8 Å².